The molecule has 2 N–H and O–H groups in total. The van der Waals surface area contributed by atoms with Crippen molar-refractivity contribution in [3.8, 4) is 0 Å². The molecule has 0 aliphatic carbocycles. The molecule has 1 aromatic carbocycles. The highest BCUT2D eigenvalue weighted by Crippen LogP contribution is 2.29. The fourth-order valence-corrected chi connectivity index (χ4v) is 2.25. The van der Waals surface area contributed by atoms with Gasteiger partial charge in [0.15, 0.2) is 0 Å². The van der Waals surface area contributed by atoms with Gasteiger partial charge in [-0.1, -0.05) is 39.0 Å². The molecular formula is C16H23N5O. The first-order valence-corrected chi connectivity index (χ1v) is 7.35. The third kappa shape index (κ3) is 4.07. The number of urea groups is 1. The lowest BCUT2D eigenvalue weighted by Gasteiger charge is -2.23. The van der Waals surface area contributed by atoms with Crippen LogP contribution in [0.15, 0.2) is 30.6 Å². The van der Waals surface area contributed by atoms with E-state index in [1.807, 2.05) is 31.3 Å². The number of anilines is 1. The van der Waals surface area contributed by atoms with Gasteiger partial charge >= 0.3 is 6.03 Å². The second kappa shape index (κ2) is 6.60. The van der Waals surface area contributed by atoms with Gasteiger partial charge in [0.05, 0.1) is 0 Å². The molecule has 2 rings (SSSR count). The highest BCUT2D eigenvalue weighted by Gasteiger charge is 2.18. The number of aryl methyl sites for hydroxylation is 1. The van der Waals surface area contributed by atoms with Crippen LogP contribution in [-0.4, -0.2) is 27.3 Å². The maximum Gasteiger partial charge on any atom is 0.319 e. The van der Waals surface area contributed by atoms with Gasteiger partial charge in [0.2, 0.25) is 0 Å². The Morgan fingerprint density at radius 2 is 2.00 bits per heavy atom. The maximum atomic E-state index is 12.0. The number of benzene rings is 1. The topological polar surface area (TPSA) is 71.8 Å². The van der Waals surface area contributed by atoms with Gasteiger partial charge in [-0.25, -0.2) is 9.78 Å². The first-order chi connectivity index (χ1) is 10.4. The molecule has 6 nitrogen and oxygen atoms in total. The minimum atomic E-state index is -0.209. The van der Waals surface area contributed by atoms with E-state index in [0.29, 0.717) is 13.0 Å². The molecule has 6 heteroatoms. The van der Waals surface area contributed by atoms with Crippen molar-refractivity contribution in [1.82, 2.24) is 20.1 Å². The average molecular weight is 301 g/mol. The van der Waals surface area contributed by atoms with E-state index >= 15 is 0 Å². The van der Waals surface area contributed by atoms with Gasteiger partial charge in [0.25, 0.3) is 0 Å². The normalized spacial score (nSPS) is 11.3. The summed E-state index contributed by atoms with van der Waals surface area (Å²) in [5.74, 6) is 0.843. The molecule has 2 amide bonds. The molecule has 0 radical (unpaired) electrons. The molecule has 0 saturated carbocycles. The molecule has 0 spiro atoms. The Bertz CT molecular complexity index is 642. The molecule has 0 aliphatic heterocycles. The van der Waals surface area contributed by atoms with Crippen LogP contribution in [0.4, 0.5) is 10.5 Å². The number of aromatic nitrogens is 3. The fourth-order valence-electron chi connectivity index (χ4n) is 2.25. The number of amides is 2. The van der Waals surface area contributed by atoms with Crippen molar-refractivity contribution >= 4 is 11.7 Å². The Morgan fingerprint density at radius 1 is 1.27 bits per heavy atom. The first-order valence-electron chi connectivity index (χ1n) is 7.35. The second-order valence-electron chi connectivity index (χ2n) is 6.23. The van der Waals surface area contributed by atoms with Crippen molar-refractivity contribution in [1.29, 1.82) is 0 Å². The zero-order chi connectivity index (χ0) is 16.2. The molecule has 1 aromatic heterocycles. The smallest absolute Gasteiger partial charge is 0.319 e. The van der Waals surface area contributed by atoms with Crippen molar-refractivity contribution in [2.45, 2.75) is 32.6 Å². The lowest BCUT2D eigenvalue weighted by molar-refractivity contribution is 0.252. The molecule has 1 heterocycles. The monoisotopic (exact) mass is 301 g/mol. The second-order valence-corrected chi connectivity index (χ2v) is 6.23. The maximum absolute atomic E-state index is 12.0. The molecular weight excluding hydrogens is 278 g/mol. The number of hydrogen-bond acceptors (Lipinski definition) is 3. The van der Waals surface area contributed by atoms with Gasteiger partial charge in [0.1, 0.15) is 12.2 Å². The Kier molecular flexibility index (Phi) is 4.80. The van der Waals surface area contributed by atoms with Crippen LogP contribution in [0, 0.1) is 0 Å². The van der Waals surface area contributed by atoms with Crippen LogP contribution < -0.4 is 10.6 Å². The minimum Gasteiger partial charge on any atom is -0.337 e. The predicted molar refractivity (Wildman–Crippen MR) is 86.9 cm³/mol. The Labute approximate surface area is 130 Å². The Hall–Kier alpha value is -2.37. The van der Waals surface area contributed by atoms with Gasteiger partial charge in [0, 0.05) is 25.7 Å². The van der Waals surface area contributed by atoms with E-state index in [0.717, 1.165) is 17.1 Å². The fraction of sp³-hybridized carbons (Fsp3) is 0.438. The van der Waals surface area contributed by atoms with Crippen LogP contribution in [0.2, 0.25) is 0 Å². The number of carbonyl (C=O) groups excluding carboxylic acids is 1. The molecule has 118 valence electrons. The summed E-state index contributed by atoms with van der Waals surface area (Å²) in [5, 5.41) is 9.76. The predicted octanol–water partition coefficient (Wildman–Crippen LogP) is 2.48. The highest BCUT2D eigenvalue weighted by atomic mass is 16.2. The number of carbonyl (C=O) groups is 1. The van der Waals surface area contributed by atoms with Crippen molar-refractivity contribution in [2.24, 2.45) is 7.05 Å². The molecule has 0 fully saturated rings. The van der Waals surface area contributed by atoms with Gasteiger partial charge in [-0.2, -0.15) is 5.10 Å². The highest BCUT2D eigenvalue weighted by molar-refractivity contribution is 5.90. The van der Waals surface area contributed by atoms with Crippen LogP contribution in [0.1, 0.15) is 32.2 Å². The number of nitrogens with one attached hydrogen (secondary N) is 2. The molecule has 0 bridgehead atoms. The number of rotatable bonds is 4. The summed E-state index contributed by atoms with van der Waals surface area (Å²) in [5.41, 5.74) is 1.92. The third-order valence-corrected chi connectivity index (χ3v) is 3.42. The van der Waals surface area contributed by atoms with Crippen LogP contribution in [0.25, 0.3) is 0 Å². The molecule has 0 atom stereocenters. The Balaban J connectivity index is 1.91. The molecule has 2 aromatic rings. The number of hydrogen-bond donors (Lipinski definition) is 2. The van der Waals surface area contributed by atoms with Crippen molar-refractivity contribution < 1.29 is 4.79 Å². The summed E-state index contributed by atoms with van der Waals surface area (Å²) < 4.78 is 1.70. The molecule has 22 heavy (non-hydrogen) atoms. The molecule has 0 aliphatic rings. The van der Waals surface area contributed by atoms with Crippen LogP contribution in [0.5, 0.6) is 0 Å². The first kappa shape index (κ1) is 16.0. The van der Waals surface area contributed by atoms with E-state index in [2.05, 4.69) is 41.5 Å². The van der Waals surface area contributed by atoms with Crippen LogP contribution in [-0.2, 0) is 18.9 Å². The summed E-state index contributed by atoms with van der Waals surface area (Å²) in [4.78, 5) is 16.2. The van der Waals surface area contributed by atoms with Crippen molar-refractivity contribution in [3.05, 3.63) is 42.0 Å². The average Bonchev–Trinajstić information content (AvgIpc) is 2.84. The minimum absolute atomic E-state index is 0.0253. The van der Waals surface area contributed by atoms with Crippen molar-refractivity contribution in [3.63, 3.8) is 0 Å². The standard InChI is InChI=1S/C16H23N5O/c1-16(2,3)12-7-5-6-8-13(12)20-15(22)17-10-9-14-18-11-19-21(14)4/h5-8,11H,9-10H2,1-4H3,(H2,17,20,22). The Morgan fingerprint density at radius 3 is 2.64 bits per heavy atom. The van der Waals surface area contributed by atoms with Gasteiger partial charge in [-0.15, -0.1) is 0 Å². The quantitative estimate of drug-likeness (QED) is 0.911. The summed E-state index contributed by atoms with van der Waals surface area (Å²) in [7, 11) is 1.84. The zero-order valence-corrected chi connectivity index (χ0v) is 13.6. The van der Waals surface area contributed by atoms with E-state index in [-0.39, 0.29) is 11.4 Å². The summed E-state index contributed by atoms with van der Waals surface area (Å²) in [6.45, 7) is 6.88. The van der Waals surface area contributed by atoms with Crippen LogP contribution in [0.3, 0.4) is 0 Å². The SMILES string of the molecule is Cn1ncnc1CCNC(=O)Nc1ccccc1C(C)(C)C. The van der Waals surface area contributed by atoms with E-state index < -0.39 is 0 Å². The van der Waals surface area contributed by atoms with E-state index in [9.17, 15) is 4.79 Å². The number of nitrogens with zero attached hydrogens (tertiary/aromatic N) is 3. The van der Waals surface area contributed by atoms with E-state index in [1.54, 1.807) is 4.68 Å². The van der Waals surface area contributed by atoms with Crippen LogP contribution >= 0.6 is 0 Å². The van der Waals surface area contributed by atoms with Gasteiger partial charge < -0.3 is 10.6 Å². The zero-order valence-electron chi connectivity index (χ0n) is 13.6. The van der Waals surface area contributed by atoms with Crippen molar-refractivity contribution in [2.75, 3.05) is 11.9 Å². The summed E-state index contributed by atoms with van der Waals surface area (Å²) >= 11 is 0. The van der Waals surface area contributed by atoms with E-state index in [1.165, 1.54) is 6.33 Å². The van der Waals surface area contributed by atoms with E-state index in [4.69, 9.17) is 0 Å². The summed E-state index contributed by atoms with van der Waals surface area (Å²) in [6, 6.07) is 7.65. The summed E-state index contributed by atoms with van der Waals surface area (Å²) in [6.07, 6.45) is 2.15. The number of para-hydroxylation sites is 1. The lowest BCUT2D eigenvalue weighted by atomic mass is 9.86. The molecule has 0 unspecified atom stereocenters. The van der Waals surface area contributed by atoms with Gasteiger partial charge in [-0.3, -0.25) is 4.68 Å². The third-order valence-electron chi connectivity index (χ3n) is 3.42. The largest absolute Gasteiger partial charge is 0.337 e. The lowest BCUT2D eigenvalue weighted by Crippen LogP contribution is -2.31. The van der Waals surface area contributed by atoms with Gasteiger partial charge in [-0.05, 0) is 17.0 Å². The molecule has 0 saturated heterocycles.